The van der Waals surface area contributed by atoms with E-state index in [1.54, 1.807) is 0 Å². The van der Waals surface area contributed by atoms with Gasteiger partial charge in [0.05, 0.1) is 5.01 Å². The van der Waals surface area contributed by atoms with E-state index in [1.807, 2.05) is 17.5 Å². The fourth-order valence-corrected chi connectivity index (χ4v) is 3.30. The first-order chi connectivity index (χ1) is 9.04. The molecule has 5 heteroatoms. The monoisotopic (exact) mass is 282 g/mol. The molecule has 1 aliphatic heterocycles. The first kappa shape index (κ1) is 14.9. The first-order valence-corrected chi connectivity index (χ1v) is 7.92. The van der Waals surface area contributed by atoms with Gasteiger partial charge in [0.15, 0.2) is 0 Å². The standard InChI is InChI=1S/C14H26N4S/c1-11(2)15-8-13-9-16-14(19-13)7-12-10-17(3)5-6-18(12)4/h9,11-12,15H,5-8,10H2,1-4H3. The third-order valence-corrected chi connectivity index (χ3v) is 4.70. The predicted octanol–water partition coefficient (Wildman–Crippen LogP) is 1.43. The third-order valence-electron chi connectivity index (χ3n) is 3.68. The third kappa shape index (κ3) is 4.53. The Kier molecular flexibility index (Phi) is 5.33. The van der Waals surface area contributed by atoms with Gasteiger partial charge >= 0.3 is 0 Å². The zero-order valence-electron chi connectivity index (χ0n) is 12.5. The lowest BCUT2D eigenvalue weighted by atomic mass is 10.1. The molecule has 2 heterocycles. The smallest absolute Gasteiger partial charge is 0.0944 e. The van der Waals surface area contributed by atoms with Gasteiger partial charge < -0.3 is 15.1 Å². The van der Waals surface area contributed by atoms with E-state index in [1.165, 1.54) is 16.4 Å². The molecule has 1 saturated heterocycles. The molecule has 1 fully saturated rings. The molecule has 0 aliphatic carbocycles. The van der Waals surface area contributed by atoms with Crippen LogP contribution in [0.4, 0.5) is 0 Å². The first-order valence-electron chi connectivity index (χ1n) is 7.10. The summed E-state index contributed by atoms with van der Waals surface area (Å²) in [4.78, 5) is 10.8. The number of piperazine rings is 1. The Labute approximate surface area is 120 Å². The zero-order chi connectivity index (χ0) is 13.8. The number of nitrogens with zero attached hydrogens (tertiary/aromatic N) is 3. The molecular formula is C14H26N4S. The van der Waals surface area contributed by atoms with Crippen molar-refractivity contribution in [2.75, 3.05) is 33.7 Å². The summed E-state index contributed by atoms with van der Waals surface area (Å²) >= 11 is 1.85. The summed E-state index contributed by atoms with van der Waals surface area (Å²) in [5.41, 5.74) is 0. The van der Waals surface area contributed by atoms with Gasteiger partial charge in [0.25, 0.3) is 0 Å². The minimum atomic E-state index is 0.531. The molecule has 1 N–H and O–H groups in total. The molecule has 2 rings (SSSR count). The Balaban J connectivity index is 1.88. The normalized spacial score (nSPS) is 22.3. The predicted molar refractivity (Wildman–Crippen MR) is 81.7 cm³/mol. The number of rotatable bonds is 5. The summed E-state index contributed by atoms with van der Waals surface area (Å²) in [5, 5.41) is 4.72. The highest BCUT2D eigenvalue weighted by atomic mass is 32.1. The van der Waals surface area contributed by atoms with Crippen molar-refractivity contribution in [3.05, 3.63) is 16.1 Å². The molecule has 1 unspecified atom stereocenters. The largest absolute Gasteiger partial charge is 0.310 e. The lowest BCUT2D eigenvalue weighted by molar-refractivity contribution is 0.114. The van der Waals surface area contributed by atoms with Crippen LogP contribution in [0, 0.1) is 0 Å². The van der Waals surface area contributed by atoms with Gasteiger partial charge in [0, 0.05) is 55.8 Å². The Bertz CT molecular complexity index is 391. The lowest BCUT2D eigenvalue weighted by Gasteiger charge is -2.37. The molecular weight excluding hydrogens is 256 g/mol. The molecule has 108 valence electrons. The van der Waals surface area contributed by atoms with Crippen molar-refractivity contribution in [3.63, 3.8) is 0 Å². The van der Waals surface area contributed by atoms with Crippen LogP contribution in [0.1, 0.15) is 23.7 Å². The van der Waals surface area contributed by atoms with E-state index >= 15 is 0 Å². The quantitative estimate of drug-likeness (QED) is 0.885. The zero-order valence-corrected chi connectivity index (χ0v) is 13.3. The van der Waals surface area contributed by atoms with Gasteiger partial charge in [-0.1, -0.05) is 13.8 Å². The SMILES string of the molecule is CC(C)NCc1cnc(CC2CN(C)CCN2C)s1. The molecule has 0 bridgehead atoms. The Morgan fingerprint density at radius 2 is 2.21 bits per heavy atom. The average Bonchev–Trinajstić information content (AvgIpc) is 2.79. The molecule has 0 radical (unpaired) electrons. The van der Waals surface area contributed by atoms with E-state index in [0.29, 0.717) is 12.1 Å². The van der Waals surface area contributed by atoms with Crippen molar-refractivity contribution in [1.82, 2.24) is 20.1 Å². The fraction of sp³-hybridized carbons (Fsp3) is 0.786. The molecule has 0 amide bonds. The van der Waals surface area contributed by atoms with Crippen molar-refractivity contribution in [2.45, 2.75) is 38.9 Å². The lowest BCUT2D eigenvalue weighted by Crippen LogP contribution is -2.50. The van der Waals surface area contributed by atoms with Gasteiger partial charge in [-0.25, -0.2) is 4.98 Å². The van der Waals surface area contributed by atoms with Crippen molar-refractivity contribution in [2.24, 2.45) is 0 Å². The van der Waals surface area contributed by atoms with Crippen LogP contribution in [0.15, 0.2) is 6.20 Å². The minimum Gasteiger partial charge on any atom is -0.310 e. The van der Waals surface area contributed by atoms with Crippen LogP contribution in [0.25, 0.3) is 0 Å². The van der Waals surface area contributed by atoms with E-state index in [-0.39, 0.29) is 0 Å². The molecule has 0 aromatic carbocycles. The number of nitrogens with one attached hydrogen (secondary N) is 1. The highest BCUT2D eigenvalue weighted by Gasteiger charge is 2.23. The van der Waals surface area contributed by atoms with Crippen LogP contribution in [-0.2, 0) is 13.0 Å². The molecule has 1 atom stereocenters. The summed E-state index contributed by atoms with van der Waals surface area (Å²) in [6, 6.07) is 1.14. The summed E-state index contributed by atoms with van der Waals surface area (Å²) in [6.45, 7) is 8.78. The second kappa shape index (κ2) is 6.79. The van der Waals surface area contributed by atoms with E-state index in [9.17, 15) is 0 Å². The van der Waals surface area contributed by atoms with E-state index in [4.69, 9.17) is 0 Å². The minimum absolute atomic E-state index is 0.531. The van der Waals surface area contributed by atoms with Crippen LogP contribution < -0.4 is 5.32 Å². The van der Waals surface area contributed by atoms with Crippen molar-refractivity contribution in [3.8, 4) is 0 Å². The second-order valence-corrected chi connectivity index (χ2v) is 7.06. The van der Waals surface area contributed by atoms with Gasteiger partial charge in [-0.2, -0.15) is 0 Å². The van der Waals surface area contributed by atoms with Gasteiger partial charge in [0.2, 0.25) is 0 Å². The van der Waals surface area contributed by atoms with E-state index in [0.717, 1.165) is 26.1 Å². The van der Waals surface area contributed by atoms with Crippen molar-refractivity contribution >= 4 is 11.3 Å². The summed E-state index contributed by atoms with van der Waals surface area (Å²) in [7, 11) is 4.44. The summed E-state index contributed by atoms with van der Waals surface area (Å²) in [5.74, 6) is 0. The summed E-state index contributed by atoms with van der Waals surface area (Å²) in [6.07, 6.45) is 3.11. The molecule has 1 aliphatic rings. The number of thiazole rings is 1. The van der Waals surface area contributed by atoms with Gasteiger partial charge in [-0.3, -0.25) is 0 Å². The van der Waals surface area contributed by atoms with Crippen LogP contribution in [-0.4, -0.2) is 60.6 Å². The molecule has 0 saturated carbocycles. The maximum Gasteiger partial charge on any atom is 0.0944 e. The van der Waals surface area contributed by atoms with Gasteiger partial charge in [0.1, 0.15) is 0 Å². The van der Waals surface area contributed by atoms with Crippen LogP contribution in [0.2, 0.25) is 0 Å². The average molecular weight is 282 g/mol. The number of hydrogen-bond donors (Lipinski definition) is 1. The van der Waals surface area contributed by atoms with E-state index < -0.39 is 0 Å². The van der Waals surface area contributed by atoms with Crippen LogP contribution in [0.3, 0.4) is 0 Å². The second-order valence-electron chi connectivity index (χ2n) is 5.86. The van der Waals surface area contributed by atoms with Crippen molar-refractivity contribution < 1.29 is 0 Å². The fourth-order valence-electron chi connectivity index (χ4n) is 2.35. The van der Waals surface area contributed by atoms with Crippen LogP contribution >= 0.6 is 11.3 Å². The Morgan fingerprint density at radius 1 is 1.42 bits per heavy atom. The highest BCUT2D eigenvalue weighted by Crippen LogP contribution is 2.18. The maximum atomic E-state index is 4.58. The molecule has 19 heavy (non-hydrogen) atoms. The van der Waals surface area contributed by atoms with E-state index in [2.05, 4.69) is 48.0 Å². The number of aromatic nitrogens is 1. The van der Waals surface area contributed by atoms with Gasteiger partial charge in [-0.05, 0) is 14.1 Å². The molecule has 4 nitrogen and oxygen atoms in total. The van der Waals surface area contributed by atoms with Crippen molar-refractivity contribution in [1.29, 1.82) is 0 Å². The maximum absolute atomic E-state index is 4.58. The highest BCUT2D eigenvalue weighted by molar-refractivity contribution is 7.11. The van der Waals surface area contributed by atoms with Gasteiger partial charge in [-0.15, -0.1) is 11.3 Å². The molecule has 1 aromatic heterocycles. The molecule has 1 aromatic rings. The number of hydrogen-bond acceptors (Lipinski definition) is 5. The summed E-state index contributed by atoms with van der Waals surface area (Å²) < 4.78 is 0. The topological polar surface area (TPSA) is 31.4 Å². The Morgan fingerprint density at radius 3 is 2.95 bits per heavy atom. The number of likely N-dealkylation sites (N-methyl/N-ethyl adjacent to an activating group) is 2. The van der Waals surface area contributed by atoms with Crippen LogP contribution in [0.5, 0.6) is 0 Å². The Hall–Kier alpha value is -0.490. The molecule has 0 spiro atoms.